The Balaban J connectivity index is 1.51. The lowest BCUT2D eigenvalue weighted by molar-refractivity contribution is 0.0656. The van der Waals surface area contributed by atoms with Crippen LogP contribution in [0.2, 0.25) is 0 Å². The number of hydrogen-bond acceptors (Lipinski definition) is 4. The van der Waals surface area contributed by atoms with E-state index in [2.05, 4.69) is 27.4 Å². The molecule has 124 valence electrons. The van der Waals surface area contributed by atoms with E-state index in [4.69, 9.17) is 4.74 Å². The van der Waals surface area contributed by atoms with E-state index in [1.807, 2.05) is 25.1 Å². The van der Waals surface area contributed by atoms with Crippen LogP contribution < -0.4 is 5.32 Å². The SMILES string of the molecule is CC(OCCCNc1ncnc2cccc(F)c12)c1ccccc1. The normalized spacial score (nSPS) is 12.2. The lowest BCUT2D eigenvalue weighted by atomic mass is 10.1. The summed E-state index contributed by atoms with van der Waals surface area (Å²) >= 11 is 0. The van der Waals surface area contributed by atoms with Gasteiger partial charge in [-0.2, -0.15) is 0 Å². The summed E-state index contributed by atoms with van der Waals surface area (Å²) in [6.45, 7) is 3.31. The topological polar surface area (TPSA) is 47.0 Å². The summed E-state index contributed by atoms with van der Waals surface area (Å²) in [6.07, 6.45) is 2.30. The Hall–Kier alpha value is -2.53. The highest BCUT2D eigenvalue weighted by molar-refractivity contribution is 5.89. The standard InChI is InChI=1S/C19H20FN3O/c1-14(15-7-3-2-4-8-15)24-12-6-11-21-19-18-16(20)9-5-10-17(18)22-13-23-19/h2-5,7-10,13-14H,6,11-12H2,1H3,(H,21,22,23). The third-order valence-corrected chi connectivity index (χ3v) is 3.86. The fraction of sp³-hybridized carbons (Fsp3) is 0.263. The predicted octanol–water partition coefficient (Wildman–Crippen LogP) is 4.35. The van der Waals surface area contributed by atoms with Crippen molar-refractivity contribution in [1.82, 2.24) is 9.97 Å². The number of fused-ring (bicyclic) bond motifs is 1. The van der Waals surface area contributed by atoms with Crippen LogP contribution in [0.25, 0.3) is 10.9 Å². The van der Waals surface area contributed by atoms with Crippen molar-refractivity contribution in [2.75, 3.05) is 18.5 Å². The first-order valence-electron chi connectivity index (χ1n) is 8.05. The number of rotatable bonds is 7. The van der Waals surface area contributed by atoms with E-state index in [1.54, 1.807) is 12.1 Å². The van der Waals surface area contributed by atoms with E-state index in [0.29, 0.717) is 29.9 Å². The van der Waals surface area contributed by atoms with Crippen molar-refractivity contribution in [1.29, 1.82) is 0 Å². The van der Waals surface area contributed by atoms with Gasteiger partial charge in [0.2, 0.25) is 0 Å². The molecule has 0 amide bonds. The van der Waals surface area contributed by atoms with Gasteiger partial charge in [-0.05, 0) is 31.0 Å². The van der Waals surface area contributed by atoms with Gasteiger partial charge in [0, 0.05) is 13.2 Å². The van der Waals surface area contributed by atoms with Gasteiger partial charge in [0.15, 0.2) is 0 Å². The van der Waals surface area contributed by atoms with Gasteiger partial charge in [0.05, 0.1) is 17.0 Å². The smallest absolute Gasteiger partial charge is 0.140 e. The van der Waals surface area contributed by atoms with Gasteiger partial charge in [-0.3, -0.25) is 0 Å². The van der Waals surface area contributed by atoms with Crippen LogP contribution in [-0.2, 0) is 4.74 Å². The number of benzene rings is 2. The minimum atomic E-state index is -0.315. The number of hydrogen-bond donors (Lipinski definition) is 1. The zero-order chi connectivity index (χ0) is 16.8. The van der Waals surface area contributed by atoms with Crippen molar-refractivity contribution >= 4 is 16.7 Å². The van der Waals surface area contributed by atoms with E-state index < -0.39 is 0 Å². The summed E-state index contributed by atoms with van der Waals surface area (Å²) in [6, 6.07) is 14.9. The molecule has 1 N–H and O–H groups in total. The monoisotopic (exact) mass is 325 g/mol. The largest absolute Gasteiger partial charge is 0.374 e. The Morgan fingerprint density at radius 1 is 1.08 bits per heavy atom. The van der Waals surface area contributed by atoms with Crippen LogP contribution in [0.1, 0.15) is 25.0 Å². The highest BCUT2D eigenvalue weighted by atomic mass is 19.1. The second-order valence-corrected chi connectivity index (χ2v) is 5.56. The van der Waals surface area contributed by atoms with Crippen LogP contribution >= 0.6 is 0 Å². The van der Waals surface area contributed by atoms with E-state index >= 15 is 0 Å². The maximum absolute atomic E-state index is 14.0. The third-order valence-electron chi connectivity index (χ3n) is 3.86. The number of ether oxygens (including phenoxy) is 1. The molecule has 0 aliphatic rings. The van der Waals surface area contributed by atoms with Gasteiger partial charge in [-0.1, -0.05) is 36.4 Å². The summed E-state index contributed by atoms with van der Waals surface area (Å²) in [5.41, 5.74) is 1.76. The van der Waals surface area contributed by atoms with Gasteiger partial charge in [-0.15, -0.1) is 0 Å². The molecule has 24 heavy (non-hydrogen) atoms. The average Bonchev–Trinajstić information content (AvgIpc) is 2.62. The number of aromatic nitrogens is 2. The van der Waals surface area contributed by atoms with E-state index in [1.165, 1.54) is 12.4 Å². The molecule has 1 heterocycles. The van der Waals surface area contributed by atoms with Crippen molar-refractivity contribution in [3.8, 4) is 0 Å². The van der Waals surface area contributed by atoms with E-state index in [9.17, 15) is 4.39 Å². The zero-order valence-corrected chi connectivity index (χ0v) is 13.6. The first kappa shape index (κ1) is 16.3. The van der Waals surface area contributed by atoms with Crippen LogP contribution in [0, 0.1) is 5.82 Å². The minimum Gasteiger partial charge on any atom is -0.374 e. The number of halogens is 1. The first-order valence-corrected chi connectivity index (χ1v) is 8.05. The van der Waals surface area contributed by atoms with Gasteiger partial charge in [0.25, 0.3) is 0 Å². The second-order valence-electron chi connectivity index (χ2n) is 5.56. The molecular weight excluding hydrogens is 305 g/mol. The van der Waals surface area contributed by atoms with E-state index in [0.717, 1.165) is 12.0 Å². The number of nitrogens with one attached hydrogen (secondary N) is 1. The predicted molar refractivity (Wildman–Crippen MR) is 93.4 cm³/mol. The van der Waals surface area contributed by atoms with Crippen LogP contribution in [0.4, 0.5) is 10.2 Å². The Bertz CT molecular complexity index is 790. The summed E-state index contributed by atoms with van der Waals surface area (Å²) in [5.74, 6) is 0.207. The molecule has 0 spiro atoms. The highest BCUT2D eigenvalue weighted by Crippen LogP contribution is 2.22. The summed E-state index contributed by atoms with van der Waals surface area (Å²) in [7, 11) is 0. The minimum absolute atomic E-state index is 0.0588. The maximum atomic E-state index is 14.0. The lowest BCUT2D eigenvalue weighted by Crippen LogP contribution is -2.09. The molecule has 0 radical (unpaired) electrons. The second kappa shape index (κ2) is 7.84. The molecule has 0 saturated heterocycles. The molecule has 5 heteroatoms. The van der Waals surface area contributed by atoms with Gasteiger partial charge >= 0.3 is 0 Å². The summed E-state index contributed by atoms with van der Waals surface area (Å²) < 4.78 is 19.8. The van der Waals surface area contributed by atoms with Crippen molar-refractivity contribution in [2.24, 2.45) is 0 Å². The first-order chi connectivity index (χ1) is 11.8. The lowest BCUT2D eigenvalue weighted by Gasteiger charge is -2.14. The Labute approximate surface area is 140 Å². The molecule has 1 unspecified atom stereocenters. The fourth-order valence-corrected chi connectivity index (χ4v) is 2.56. The van der Waals surface area contributed by atoms with Crippen molar-refractivity contribution in [3.63, 3.8) is 0 Å². The van der Waals surface area contributed by atoms with Crippen LogP contribution in [0.3, 0.4) is 0 Å². The quantitative estimate of drug-likeness (QED) is 0.656. The molecule has 3 rings (SSSR count). The molecule has 0 aliphatic carbocycles. The molecule has 1 atom stereocenters. The van der Waals surface area contributed by atoms with Gasteiger partial charge in [-0.25, -0.2) is 14.4 Å². The highest BCUT2D eigenvalue weighted by Gasteiger charge is 2.08. The summed E-state index contributed by atoms with van der Waals surface area (Å²) in [4.78, 5) is 8.23. The maximum Gasteiger partial charge on any atom is 0.140 e. The van der Waals surface area contributed by atoms with E-state index in [-0.39, 0.29) is 11.9 Å². The molecule has 2 aromatic carbocycles. The molecule has 4 nitrogen and oxygen atoms in total. The molecule has 0 bridgehead atoms. The molecule has 0 fully saturated rings. The number of nitrogens with zero attached hydrogens (tertiary/aromatic N) is 2. The summed E-state index contributed by atoms with van der Waals surface area (Å²) in [5, 5.41) is 3.60. The van der Waals surface area contributed by atoms with Crippen molar-refractivity contribution in [2.45, 2.75) is 19.4 Å². The Morgan fingerprint density at radius 3 is 2.75 bits per heavy atom. The average molecular weight is 325 g/mol. The molecule has 3 aromatic rings. The molecular formula is C19H20FN3O. The Kier molecular flexibility index (Phi) is 5.33. The van der Waals surface area contributed by atoms with Crippen molar-refractivity contribution in [3.05, 3.63) is 66.2 Å². The molecule has 0 saturated carbocycles. The molecule has 0 aliphatic heterocycles. The van der Waals surface area contributed by atoms with Gasteiger partial charge in [0.1, 0.15) is 18.0 Å². The Morgan fingerprint density at radius 2 is 1.92 bits per heavy atom. The van der Waals surface area contributed by atoms with Crippen LogP contribution in [0.15, 0.2) is 54.9 Å². The third kappa shape index (κ3) is 3.86. The number of anilines is 1. The van der Waals surface area contributed by atoms with Crippen LogP contribution in [-0.4, -0.2) is 23.1 Å². The molecule has 1 aromatic heterocycles. The van der Waals surface area contributed by atoms with Gasteiger partial charge < -0.3 is 10.1 Å². The zero-order valence-electron chi connectivity index (χ0n) is 13.6. The fourth-order valence-electron chi connectivity index (χ4n) is 2.56. The van der Waals surface area contributed by atoms with Crippen LogP contribution in [0.5, 0.6) is 0 Å². The van der Waals surface area contributed by atoms with Crippen molar-refractivity contribution < 1.29 is 9.13 Å².